The Bertz CT molecular complexity index is 424. The van der Waals surface area contributed by atoms with E-state index in [2.05, 4.69) is 10.3 Å². The molecule has 3 nitrogen and oxygen atoms in total. The van der Waals surface area contributed by atoms with Crippen molar-refractivity contribution in [2.24, 2.45) is 10.7 Å². The predicted octanol–water partition coefficient (Wildman–Crippen LogP) is 3.00. The van der Waals surface area contributed by atoms with E-state index < -0.39 is 11.6 Å². The van der Waals surface area contributed by atoms with Crippen LogP contribution in [0.1, 0.15) is 31.7 Å². The van der Waals surface area contributed by atoms with Crippen molar-refractivity contribution in [1.29, 1.82) is 0 Å². The molecule has 1 aromatic rings. The summed E-state index contributed by atoms with van der Waals surface area (Å²) in [5.41, 5.74) is 6.08. The topological polar surface area (TPSA) is 50.4 Å². The fourth-order valence-corrected chi connectivity index (χ4v) is 1.54. The smallest absolute Gasteiger partial charge is 0.188 e. The van der Waals surface area contributed by atoms with Gasteiger partial charge in [-0.15, -0.1) is 24.0 Å². The zero-order chi connectivity index (χ0) is 13.5. The Hall–Kier alpha value is -0.920. The predicted molar refractivity (Wildman–Crippen MR) is 85.0 cm³/mol. The van der Waals surface area contributed by atoms with Gasteiger partial charge in [0.2, 0.25) is 0 Å². The standard InChI is InChI=1S/C13H19F2N3.HI/c1-3-6-17-13(16)18-8-9(2)11-5-4-10(14)7-12(11)15;/h4-5,7,9H,3,6,8H2,1-2H3,(H3,16,17,18);1H. The number of guanidine groups is 1. The second-order valence-electron chi connectivity index (χ2n) is 4.22. The number of hydrogen-bond donors (Lipinski definition) is 2. The lowest BCUT2D eigenvalue weighted by molar-refractivity contribution is 0.560. The summed E-state index contributed by atoms with van der Waals surface area (Å²) >= 11 is 0. The zero-order valence-electron chi connectivity index (χ0n) is 11.1. The van der Waals surface area contributed by atoms with Crippen LogP contribution in [0.4, 0.5) is 8.78 Å². The lowest BCUT2D eigenvalue weighted by atomic mass is 10.0. The van der Waals surface area contributed by atoms with Crippen molar-refractivity contribution in [2.45, 2.75) is 26.2 Å². The summed E-state index contributed by atoms with van der Waals surface area (Å²) in [6.45, 7) is 4.98. The van der Waals surface area contributed by atoms with Gasteiger partial charge in [0.25, 0.3) is 0 Å². The quantitative estimate of drug-likeness (QED) is 0.467. The van der Waals surface area contributed by atoms with Crippen molar-refractivity contribution in [1.82, 2.24) is 5.32 Å². The molecule has 1 unspecified atom stereocenters. The van der Waals surface area contributed by atoms with Crippen LogP contribution < -0.4 is 11.1 Å². The Morgan fingerprint density at radius 3 is 2.68 bits per heavy atom. The van der Waals surface area contributed by atoms with Crippen LogP contribution >= 0.6 is 24.0 Å². The lowest BCUT2D eigenvalue weighted by Gasteiger charge is -2.11. The molecule has 19 heavy (non-hydrogen) atoms. The monoisotopic (exact) mass is 383 g/mol. The number of benzene rings is 1. The highest BCUT2D eigenvalue weighted by Crippen LogP contribution is 2.19. The summed E-state index contributed by atoms with van der Waals surface area (Å²) in [6, 6.07) is 3.58. The van der Waals surface area contributed by atoms with Gasteiger partial charge in [-0.05, 0) is 18.1 Å². The van der Waals surface area contributed by atoms with E-state index in [-0.39, 0.29) is 29.9 Å². The zero-order valence-corrected chi connectivity index (χ0v) is 13.4. The maximum atomic E-state index is 13.5. The van der Waals surface area contributed by atoms with Crippen molar-refractivity contribution >= 4 is 29.9 Å². The Labute approximate surface area is 129 Å². The maximum Gasteiger partial charge on any atom is 0.188 e. The van der Waals surface area contributed by atoms with Gasteiger partial charge in [-0.25, -0.2) is 8.78 Å². The molecule has 0 saturated heterocycles. The Kier molecular flexibility index (Phi) is 8.62. The summed E-state index contributed by atoms with van der Waals surface area (Å²) in [7, 11) is 0. The van der Waals surface area contributed by atoms with Gasteiger partial charge in [0.15, 0.2) is 5.96 Å². The van der Waals surface area contributed by atoms with Gasteiger partial charge in [0.05, 0.1) is 0 Å². The van der Waals surface area contributed by atoms with Crippen LogP contribution in [0, 0.1) is 11.6 Å². The fourth-order valence-electron chi connectivity index (χ4n) is 1.54. The normalized spacial score (nSPS) is 12.7. The summed E-state index contributed by atoms with van der Waals surface area (Å²) < 4.78 is 26.3. The number of hydrogen-bond acceptors (Lipinski definition) is 1. The van der Waals surface area contributed by atoms with E-state index in [0.29, 0.717) is 18.1 Å². The van der Waals surface area contributed by atoms with Crippen molar-refractivity contribution < 1.29 is 8.78 Å². The first kappa shape index (κ1) is 18.1. The highest BCUT2D eigenvalue weighted by molar-refractivity contribution is 14.0. The molecule has 0 aliphatic rings. The highest BCUT2D eigenvalue weighted by Gasteiger charge is 2.11. The number of nitrogens with two attached hydrogens (primary N) is 1. The van der Waals surface area contributed by atoms with E-state index in [1.807, 2.05) is 13.8 Å². The number of aliphatic imine (C=N–C) groups is 1. The van der Waals surface area contributed by atoms with Crippen LogP contribution in [0.5, 0.6) is 0 Å². The minimum atomic E-state index is -0.573. The summed E-state index contributed by atoms with van der Waals surface area (Å²) in [5.74, 6) is -0.910. The number of halogens is 3. The third-order valence-electron chi connectivity index (χ3n) is 2.59. The second kappa shape index (κ2) is 9.06. The summed E-state index contributed by atoms with van der Waals surface area (Å²) in [5, 5.41) is 2.94. The van der Waals surface area contributed by atoms with Crippen LogP contribution in [0.25, 0.3) is 0 Å². The Morgan fingerprint density at radius 1 is 1.42 bits per heavy atom. The molecule has 0 bridgehead atoms. The van der Waals surface area contributed by atoms with E-state index in [0.717, 1.165) is 19.0 Å². The molecular weight excluding hydrogens is 363 g/mol. The SMILES string of the molecule is CCCNC(N)=NCC(C)c1ccc(F)cc1F.I. The largest absolute Gasteiger partial charge is 0.370 e. The van der Waals surface area contributed by atoms with Crippen molar-refractivity contribution in [3.05, 3.63) is 35.4 Å². The van der Waals surface area contributed by atoms with E-state index in [9.17, 15) is 8.78 Å². The Morgan fingerprint density at radius 2 is 2.11 bits per heavy atom. The molecular formula is C13H20F2IN3. The highest BCUT2D eigenvalue weighted by atomic mass is 127. The number of nitrogens with one attached hydrogen (secondary N) is 1. The minimum Gasteiger partial charge on any atom is -0.370 e. The fraction of sp³-hybridized carbons (Fsp3) is 0.462. The molecule has 1 aromatic carbocycles. The molecule has 0 spiro atoms. The molecule has 0 radical (unpaired) electrons. The summed E-state index contributed by atoms with van der Waals surface area (Å²) in [6.07, 6.45) is 0.957. The third kappa shape index (κ3) is 6.17. The molecule has 0 amide bonds. The van der Waals surface area contributed by atoms with E-state index in [1.54, 1.807) is 0 Å². The molecule has 0 aliphatic carbocycles. The molecule has 108 valence electrons. The van der Waals surface area contributed by atoms with Gasteiger partial charge in [0, 0.05) is 25.1 Å². The molecule has 0 heterocycles. The van der Waals surface area contributed by atoms with Crippen LogP contribution in [0.3, 0.4) is 0 Å². The molecule has 6 heteroatoms. The minimum absolute atomic E-state index is 0. The molecule has 0 aliphatic heterocycles. The second-order valence-corrected chi connectivity index (χ2v) is 4.22. The average molecular weight is 383 g/mol. The van der Waals surface area contributed by atoms with Crippen LogP contribution in [-0.2, 0) is 0 Å². The molecule has 0 aromatic heterocycles. The molecule has 1 atom stereocenters. The van der Waals surface area contributed by atoms with Gasteiger partial charge in [-0.2, -0.15) is 0 Å². The molecule has 3 N–H and O–H groups in total. The lowest BCUT2D eigenvalue weighted by Crippen LogP contribution is -2.32. The molecule has 1 rings (SSSR count). The Balaban J connectivity index is 0.00000324. The number of rotatable bonds is 5. The van der Waals surface area contributed by atoms with E-state index in [1.165, 1.54) is 12.1 Å². The van der Waals surface area contributed by atoms with Crippen LogP contribution in [-0.4, -0.2) is 19.0 Å². The van der Waals surface area contributed by atoms with Crippen molar-refractivity contribution in [2.75, 3.05) is 13.1 Å². The van der Waals surface area contributed by atoms with Gasteiger partial charge in [-0.1, -0.05) is 19.9 Å². The molecule has 0 saturated carbocycles. The maximum absolute atomic E-state index is 13.5. The van der Waals surface area contributed by atoms with E-state index >= 15 is 0 Å². The van der Waals surface area contributed by atoms with E-state index in [4.69, 9.17) is 5.73 Å². The summed E-state index contributed by atoms with van der Waals surface area (Å²) in [4.78, 5) is 4.12. The van der Waals surface area contributed by atoms with Gasteiger partial charge < -0.3 is 11.1 Å². The van der Waals surface area contributed by atoms with Gasteiger partial charge in [-0.3, -0.25) is 4.99 Å². The first-order valence-corrected chi connectivity index (χ1v) is 6.03. The number of nitrogens with zero attached hydrogens (tertiary/aromatic N) is 1. The first-order chi connectivity index (χ1) is 8.54. The van der Waals surface area contributed by atoms with Gasteiger partial charge >= 0.3 is 0 Å². The van der Waals surface area contributed by atoms with Crippen LogP contribution in [0.15, 0.2) is 23.2 Å². The third-order valence-corrected chi connectivity index (χ3v) is 2.59. The van der Waals surface area contributed by atoms with Gasteiger partial charge in [0.1, 0.15) is 11.6 Å². The van der Waals surface area contributed by atoms with Crippen LogP contribution in [0.2, 0.25) is 0 Å². The first-order valence-electron chi connectivity index (χ1n) is 6.03. The average Bonchev–Trinajstić information content (AvgIpc) is 2.33. The molecule has 0 fully saturated rings. The van der Waals surface area contributed by atoms with Crippen molar-refractivity contribution in [3.8, 4) is 0 Å². The van der Waals surface area contributed by atoms with Crippen molar-refractivity contribution in [3.63, 3.8) is 0 Å².